The predicted molar refractivity (Wildman–Crippen MR) is 11.2 cm³/mol. The van der Waals surface area contributed by atoms with Gasteiger partial charge in [0.15, 0.2) is 0 Å². The largest absolute Gasteiger partial charge is 1.00 e. The molecule has 0 aromatic rings. The molecule has 0 bridgehead atoms. The maximum atomic E-state index is 8.55. The van der Waals surface area contributed by atoms with Crippen LogP contribution in [0.1, 0.15) is 0 Å². The van der Waals surface area contributed by atoms with Gasteiger partial charge in [0.2, 0.25) is 2.86 Å². The molecule has 0 amide bonds. The minimum absolute atomic E-state index is 0. The smallest absolute Gasteiger partial charge is 0.822 e. The van der Waals surface area contributed by atoms with E-state index in [4.69, 9.17) is 22.1 Å². The van der Waals surface area contributed by atoms with Crippen molar-refractivity contribution in [3.05, 3.63) is 0 Å². The second kappa shape index (κ2) is 13.6. The third kappa shape index (κ3) is 96.6. The van der Waals surface area contributed by atoms with E-state index in [2.05, 4.69) is 5.48 Å². The van der Waals surface area contributed by atoms with Crippen LogP contribution in [-0.2, 0) is 4.57 Å². The van der Waals surface area contributed by atoms with Gasteiger partial charge in [-0.25, -0.2) is 0 Å². The van der Waals surface area contributed by atoms with Gasteiger partial charge < -0.3 is 24.7 Å². The first-order valence-corrected chi connectivity index (χ1v) is 2.19. The maximum Gasteiger partial charge on any atom is 1.00 e. The summed E-state index contributed by atoms with van der Waals surface area (Å²) in [4.78, 5) is 25.6. The Morgan fingerprint density at radius 1 is 1.22 bits per heavy atom. The molecule has 0 heterocycles. The van der Waals surface area contributed by atoms with Crippen molar-refractivity contribution in [2.75, 3.05) is 0 Å². The Bertz CT molecular complexity index is 75.5. The van der Waals surface area contributed by atoms with Crippen LogP contribution in [0, 0.1) is 0 Å². The van der Waals surface area contributed by atoms with E-state index in [0.29, 0.717) is 0 Å². The molecule has 0 aromatic heterocycles. The molecule has 0 radical (unpaired) electrons. The van der Waals surface area contributed by atoms with Gasteiger partial charge in [0.25, 0.3) is 0 Å². The van der Waals surface area contributed by atoms with Crippen LogP contribution in [0.25, 0.3) is 0 Å². The second-order valence-corrected chi connectivity index (χ2v) is 1.34. The van der Waals surface area contributed by atoms with Crippen LogP contribution in [-0.4, -0.2) is 8.34 Å². The monoisotopic (exact) mass is 184 g/mol. The molecule has 0 aromatic carbocycles. The van der Waals surface area contributed by atoms with Gasteiger partial charge in [-0.2, -0.15) is 7.82 Å². The maximum absolute atomic E-state index is 8.55. The van der Waals surface area contributed by atoms with Crippen molar-refractivity contribution >= 4 is 7.82 Å². The van der Waals surface area contributed by atoms with Crippen molar-refractivity contribution in [1.82, 2.24) is 0 Å². The van der Waals surface area contributed by atoms with E-state index in [1.165, 1.54) is 0 Å². The summed E-state index contributed by atoms with van der Waals surface area (Å²) in [6.07, 6.45) is 0. The van der Waals surface area contributed by atoms with Gasteiger partial charge in [-0.1, -0.05) is 0 Å². The molecule has 0 aliphatic rings. The van der Waals surface area contributed by atoms with E-state index in [9.17, 15) is 0 Å². The van der Waals surface area contributed by atoms with Gasteiger partial charge in [-0.3, -0.25) is 0 Å². The molecule has 40 valence electrons. The van der Waals surface area contributed by atoms with E-state index >= 15 is 0 Å². The molecule has 0 spiro atoms. The zero-order valence-corrected chi connectivity index (χ0v) is 12.4. The summed E-state index contributed by atoms with van der Waals surface area (Å²) >= 11 is 0. The molecular weight excluding hydrogens is 180 g/mol. The van der Waals surface area contributed by atoms with Crippen LogP contribution in [0.3, 0.4) is 0 Å². The number of hydrogen-bond acceptors (Lipinski definition) is 4. The van der Waals surface area contributed by atoms with Gasteiger partial charge in [0, 0.05) is 0 Å². The van der Waals surface area contributed by atoms with Crippen molar-refractivity contribution in [3.8, 4) is 0 Å². The van der Waals surface area contributed by atoms with Crippen LogP contribution in [0.4, 0.5) is 0 Å². The molecule has 0 rings (SSSR count). The molecule has 0 atom stereocenters. The third-order valence-corrected chi connectivity index (χ3v) is 0. The predicted octanol–water partition coefficient (Wildman–Crippen LogP) is -12.6. The first-order chi connectivity index (χ1) is 3.41. The zero-order chi connectivity index (χ0) is 7.21. The molecule has 9 heavy (non-hydrogen) atoms. The Balaban J connectivity index is -0.0000000183. The average Bonchev–Trinajstić information content (AvgIpc) is 1.27. The van der Waals surface area contributed by atoms with Crippen molar-refractivity contribution in [1.29, 1.82) is 2.86 Å². The first-order valence-electron chi connectivity index (χ1n) is 1.55. The molecule has 2 N–H and O–H groups in total. The van der Waals surface area contributed by atoms with E-state index in [1.807, 2.05) is 0 Å². The van der Waals surface area contributed by atoms with E-state index in [-0.39, 0.29) is 88.7 Å². The van der Waals surface area contributed by atoms with Crippen molar-refractivity contribution in [3.63, 3.8) is 0 Å². The standard InChI is InChI=1S/3Na.H3O4P.H2O/c;;;1-5(2,3)4;/h;;;(H3,1,2,3,4);1H2/q3*+1;;/p-3/i/hD2. The average molecular weight is 184 g/mol. The van der Waals surface area contributed by atoms with Crippen molar-refractivity contribution in [2.24, 2.45) is 0 Å². The Labute approximate surface area is 122 Å². The van der Waals surface area contributed by atoms with Gasteiger partial charge in [-0.05, 0) is 0 Å². The third-order valence-electron chi connectivity index (χ3n) is 0. The number of phosphoric acid groups is 1. The molecule has 0 fully saturated rings. The summed E-state index contributed by atoms with van der Waals surface area (Å²) in [5.41, 5.74) is 2.75. The normalized spacial score (nSPS) is 8.78. The summed E-state index contributed by atoms with van der Waals surface area (Å²) in [5.74, 6) is 0. The molecular formula is H2Na3O5P. The van der Waals surface area contributed by atoms with Gasteiger partial charge in [0.1, 0.15) is 0 Å². The van der Waals surface area contributed by atoms with Gasteiger partial charge in [0.05, 0.1) is 0 Å². The fraction of sp³-hybridized carbons (Fsp3) is 0. The Morgan fingerprint density at radius 2 is 1.22 bits per heavy atom. The SMILES string of the molecule is O=P([O-])([O-])[O-].[2H]O[2H].[Na+].[Na+].[Na+]. The summed E-state index contributed by atoms with van der Waals surface area (Å²) in [7, 11) is -5.39. The molecule has 5 nitrogen and oxygen atoms in total. The minimum Gasteiger partial charge on any atom is -0.822 e. The molecule has 0 aliphatic carbocycles. The number of hydrogen-bond donors (Lipinski definition) is 0. The van der Waals surface area contributed by atoms with Gasteiger partial charge >= 0.3 is 88.7 Å². The van der Waals surface area contributed by atoms with Crippen molar-refractivity contribution < 1.29 is 113 Å². The summed E-state index contributed by atoms with van der Waals surface area (Å²) in [6, 6.07) is 0. The number of rotatable bonds is 0. The Morgan fingerprint density at radius 3 is 1.22 bits per heavy atom. The van der Waals surface area contributed by atoms with Crippen LogP contribution in [0.15, 0.2) is 0 Å². The molecule has 9 heteroatoms. The second-order valence-electron chi connectivity index (χ2n) is 0.447. The molecule has 0 saturated carbocycles. The summed E-state index contributed by atoms with van der Waals surface area (Å²) in [6.45, 7) is 0. The summed E-state index contributed by atoms with van der Waals surface area (Å²) < 4.78 is 19.3. The Kier molecular flexibility index (Phi) is 27.3. The van der Waals surface area contributed by atoms with Crippen LogP contribution in [0.5, 0.6) is 0 Å². The topological polar surface area (TPSA) is 118 Å². The van der Waals surface area contributed by atoms with E-state index < -0.39 is 7.82 Å². The van der Waals surface area contributed by atoms with E-state index in [1.54, 1.807) is 0 Å². The Hall–Kier alpha value is 3.07. The fourth-order valence-electron chi connectivity index (χ4n) is 0. The molecule has 0 saturated heterocycles. The van der Waals surface area contributed by atoms with Crippen LogP contribution < -0.4 is 103 Å². The van der Waals surface area contributed by atoms with Crippen LogP contribution in [0.2, 0.25) is 0 Å². The quantitative estimate of drug-likeness (QED) is 0.274. The molecule has 0 aliphatic heterocycles. The zero-order valence-electron chi connectivity index (χ0n) is 7.49. The first kappa shape index (κ1) is 18.0. The van der Waals surface area contributed by atoms with Crippen LogP contribution >= 0.6 is 7.82 Å². The minimum atomic E-state index is -5.39. The summed E-state index contributed by atoms with van der Waals surface area (Å²) in [5, 5.41) is 0. The van der Waals surface area contributed by atoms with E-state index in [0.717, 1.165) is 0 Å². The molecule has 0 unspecified atom stereocenters. The van der Waals surface area contributed by atoms with Crippen molar-refractivity contribution in [2.45, 2.75) is 0 Å². The fourth-order valence-corrected chi connectivity index (χ4v) is 0. The van der Waals surface area contributed by atoms with Gasteiger partial charge in [-0.15, -0.1) is 0 Å².